The zero-order chi connectivity index (χ0) is 20.5. The van der Waals surface area contributed by atoms with E-state index in [0.29, 0.717) is 12.1 Å². The molecule has 0 bridgehead atoms. The second-order valence-electron chi connectivity index (χ2n) is 8.29. The van der Waals surface area contributed by atoms with Gasteiger partial charge in [-0.25, -0.2) is 0 Å². The Labute approximate surface area is 188 Å². The first-order valence-electron chi connectivity index (χ1n) is 10.7. The minimum Gasteiger partial charge on any atom is -0.368 e. The predicted molar refractivity (Wildman–Crippen MR) is 125 cm³/mol. The van der Waals surface area contributed by atoms with Gasteiger partial charge < -0.3 is 4.90 Å². The highest BCUT2D eigenvalue weighted by Gasteiger charge is 2.32. The quantitative estimate of drug-likeness (QED) is 0.514. The van der Waals surface area contributed by atoms with Gasteiger partial charge in [0.15, 0.2) is 0 Å². The molecular formula is C24H26Cl2N4. The van der Waals surface area contributed by atoms with E-state index in [0.717, 1.165) is 53.2 Å². The van der Waals surface area contributed by atoms with Crippen LogP contribution in [0.1, 0.15) is 25.3 Å². The molecular weight excluding hydrogens is 415 g/mol. The van der Waals surface area contributed by atoms with E-state index in [4.69, 9.17) is 28.3 Å². The summed E-state index contributed by atoms with van der Waals surface area (Å²) in [4.78, 5) is 5.07. The summed E-state index contributed by atoms with van der Waals surface area (Å²) in [6.07, 6.45) is 5.72. The molecule has 0 N–H and O–H groups in total. The number of aromatic nitrogens is 2. The third-order valence-corrected chi connectivity index (χ3v) is 7.06. The second kappa shape index (κ2) is 8.62. The van der Waals surface area contributed by atoms with Crippen molar-refractivity contribution in [3.8, 4) is 11.3 Å². The van der Waals surface area contributed by atoms with Crippen LogP contribution in [0.15, 0.2) is 60.8 Å². The molecule has 4 nitrogen and oxygen atoms in total. The molecule has 2 aliphatic rings. The lowest BCUT2D eigenvalue weighted by Crippen LogP contribution is -2.49. The van der Waals surface area contributed by atoms with Crippen LogP contribution in [-0.4, -0.2) is 46.9 Å². The number of benzene rings is 2. The summed E-state index contributed by atoms with van der Waals surface area (Å²) in [5.41, 5.74) is 3.23. The Morgan fingerprint density at radius 2 is 1.63 bits per heavy atom. The van der Waals surface area contributed by atoms with Crippen LogP contribution in [0.4, 0.5) is 5.69 Å². The van der Waals surface area contributed by atoms with E-state index in [1.165, 1.54) is 19.3 Å². The van der Waals surface area contributed by atoms with Gasteiger partial charge in [-0.3, -0.25) is 9.58 Å². The standard InChI is InChI=1S/C24H26Cl2N4/c25-19-5-3-4-18(16-19)23-10-11-30(27-23)21-9-8-20(17-21)28-12-14-29(15-13-28)24-7-2-1-6-22(24)26/h1-7,10-11,16,20-21H,8-9,12-15,17H2/t20-,21+/m0/s1. The molecule has 0 amide bonds. The zero-order valence-corrected chi connectivity index (χ0v) is 18.4. The Morgan fingerprint density at radius 3 is 2.43 bits per heavy atom. The lowest BCUT2D eigenvalue weighted by Gasteiger charge is -2.39. The Morgan fingerprint density at radius 1 is 0.833 bits per heavy atom. The smallest absolute Gasteiger partial charge is 0.0923 e. The molecule has 2 heterocycles. The van der Waals surface area contributed by atoms with Crippen molar-refractivity contribution >= 4 is 28.9 Å². The molecule has 2 aromatic carbocycles. The fourth-order valence-corrected chi connectivity index (χ4v) is 5.33. The minimum absolute atomic E-state index is 0.476. The maximum absolute atomic E-state index is 6.39. The first-order chi connectivity index (χ1) is 14.7. The molecule has 6 heteroatoms. The van der Waals surface area contributed by atoms with Gasteiger partial charge in [-0.15, -0.1) is 0 Å². The van der Waals surface area contributed by atoms with E-state index in [1.54, 1.807) is 0 Å². The van der Waals surface area contributed by atoms with Gasteiger partial charge in [-0.1, -0.05) is 47.5 Å². The van der Waals surface area contributed by atoms with E-state index in [-0.39, 0.29) is 0 Å². The average Bonchev–Trinajstić information content (AvgIpc) is 3.44. The van der Waals surface area contributed by atoms with Crippen molar-refractivity contribution in [3.63, 3.8) is 0 Å². The van der Waals surface area contributed by atoms with Crippen molar-refractivity contribution in [2.24, 2.45) is 0 Å². The zero-order valence-electron chi connectivity index (χ0n) is 16.9. The molecule has 3 aromatic rings. The number of anilines is 1. The molecule has 1 saturated heterocycles. The van der Waals surface area contributed by atoms with Gasteiger partial charge in [0, 0.05) is 49.0 Å². The third-order valence-electron chi connectivity index (χ3n) is 6.50. The van der Waals surface area contributed by atoms with Crippen molar-refractivity contribution in [2.75, 3.05) is 31.1 Å². The van der Waals surface area contributed by atoms with Crippen molar-refractivity contribution in [2.45, 2.75) is 31.3 Å². The summed E-state index contributed by atoms with van der Waals surface area (Å²) in [5, 5.41) is 6.46. The highest BCUT2D eigenvalue weighted by Crippen LogP contribution is 2.35. The number of rotatable bonds is 4. The van der Waals surface area contributed by atoms with E-state index >= 15 is 0 Å². The van der Waals surface area contributed by atoms with Gasteiger partial charge in [0.25, 0.3) is 0 Å². The van der Waals surface area contributed by atoms with Crippen LogP contribution in [0, 0.1) is 0 Å². The van der Waals surface area contributed by atoms with Crippen LogP contribution in [0.3, 0.4) is 0 Å². The summed E-state index contributed by atoms with van der Waals surface area (Å²) in [5.74, 6) is 0. The minimum atomic E-state index is 0.476. The number of para-hydroxylation sites is 1. The van der Waals surface area contributed by atoms with Gasteiger partial charge in [0.2, 0.25) is 0 Å². The Hall–Kier alpha value is -2.01. The van der Waals surface area contributed by atoms with E-state index in [1.807, 2.05) is 30.3 Å². The molecule has 0 spiro atoms. The molecule has 2 fully saturated rings. The SMILES string of the molecule is Clc1cccc(-c2ccn([C@@H]3CC[C@H](N4CCN(c5ccccc5Cl)CC4)C3)n2)c1. The van der Waals surface area contributed by atoms with Gasteiger partial charge in [0.05, 0.1) is 22.4 Å². The summed E-state index contributed by atoms with van der Waals surface area (Å²) in [6.45, 7) is 4.25. The summed E-state index contributed by atoms with van der Waals surface area (Å²) in [7, 11) is 0. The Kier molecular flexibility index (Phi) is 5.72. The van der Waals surface area contributed by atoms with Gasteiger partial charge in [-0.05, 0) is 49.6 Å². The molecule has 156 valence electrons. The lowest BCUT2D eigenvalue weighted by atomic mass is 10.1. The predicted octanol–water partition coefficient (Wildman–Crippen LogP) is 5.77. The number of piperazine rings is 1. The Bertz CT molecular complexity index is 1010. The van der Waals surface area contributed by atoms with Crippen molar-refractivity contribution in [1.29, 1.82) is 0 Å². The number of halogens is 2. The number of hydrogen-bond donors (Lipinski definition) is 0. The lowest BCUT2D eigenvalue weighted by molar-refractivity contribution is 0.183. The molecule has 0 radical (unpaired) electrons. The maximum atomic E-state index is 6.39. The molecule has 0 unspecified atom stereocenters. The number of nitrogens with zero attached hydrogens (tertiary/aromatic N) is 4. The second-order valence-corrected chi connectivity index (χ2v) is 9.13. The summed E-state index contributed by atoms with van der Waals surface area (Å²) in [6, 6.07) is 19.3. The largest absolute Gasteiger partial charge is 0.368 e. The monoisotopic (exact) mass is 440 g/mol. The third kappa shape index (κ3) is 4.09. The van der Waals surface area contributed by atoms with Gasteiger partial charge >= 0.3 is 0 Å². The van der Waals surface area contributed by atoms with E-state index in [2.05, 4.69) is 44.9 Å². The number of hydrogen-bond acceptors (Lipinski definition) is 3. The molecule has 1 aliphatic heterocycles. The normalized spacial score (nSPS) is 22.5. The fraction of sp³-hybridized carbons (Fsp3) is 0.375. The van der Waals surface area contributed by atoms with Crippen molar-refractivity contribution in [1.82, 2.24) is 14.7 Å². The van der Waals surface area contributed by atoms with Crippen LogP contribution < -0.4 is 4.90 Å². The topological polar surface area (TPSA) is 24.3 Å². The first-order valence-corrected chi connectivity index (χ1v) is 11.5. The fourth-order valence-electron chi connectivity index (χ4n) is 4.89. The average molecular weight is 441 g/mol. The Balaban J connectivity index is 1.19. The van der Waals surface area contributed by atoms with E-state index in [9.17, 15) is 0 Å². The van der Waals surface area contributed by atoms with Gasteiger partial charge in [-0.2, -0.15) is 5.10 Å². The van der Waals surface area contributed by atoms with Crippen LogP contribution >= 0.6 is 23.2 Å². The highest BCUT2D eigenvalue weighted by atomic mass is 35.5. The van der Waals surface area contributed by atoms with Crippen LogP contribution in [0.2, 0.25) is 10.0 Å². The van der Waals surface area contributed by atoms with Crippen molar-refractivity contribution < 1.29 is 0 Å². The van der Waals surface area contributed by atoms with Crippen LogP contribution in [0.5, 0.6) is 0 Å². The molecule has 30 heavy (non-hydrogen) atoms. The molecule has 1 aliphatic carbocycles. The maximum Gasteiger partial charge on any atom is 0.0923 e. The summed E-state index contributed by atoms with van der Waals surface area (Å²) >= 11 is 12.5. The molecule has 1 saturated carbocycles. The first kappa shape index (κ1) is 19.9. The molecule has 1 aromatic heterocycles. The van der Waals surface area contributed by atoms with E-state index < -0.39 is 0 Å². The highest BCUT2D eigenvalue weighted by molar-refractivity contribution is 6.33. The summed E-state index contributed by atoms with van der Waals surface area (Å²) < 4.78 is 2.16. The van der Waals surface area contributed by atoms with Gasteiger partial charge in [0.1, 0.15) is 0 Å². The molecule has 5 rings (SSSR count). The van der Waals surface area contributed by atoms with Crippen LogP contribution in [0.25, 0.3) is 11.3 Å². The van der Waals surface area contributed by atoms with Crippen LogP contribution in [-0.2, 0) is 0 Å². The molecule has 2 atom stereocenters. The van der Waals surface area contributed by atoms with Crippen molar-refractivity contribution in [3.05, 3.63) is 70.8 Å².